The number of hydrogen-bond donors (Lipinski definition) is 2. The molecular formula is C21H28N6S. The molecule has 0 aliphatic heterocycles. The van der Waals surface area contributed by atoms with Gasteiger partial charge in [0.15, 0.2) is 5.96 Å². The van der Waals surface area contributed by atoms with E-state index in [4.69, 9.17) is 4.99 Å². The van der Waals surface area contributed by atoms with Crippen molar-refractivity contribution in [2.24, 2.45) is 4.99 Å². The van der Waals surface area contributed by atoms with Gasteiger partial charge in [-0.2, -0.15) is 0 Å². The van der Waals surface area contributed by atoms with E-state index in [1.165, 1.54) is 4.88 Å². The van der Waals surface area contributed by atoms with Crippen molar-refractivity contribution >= 4 is 17.3 Å². The van der Waals surface area contributed by atoms with E-state index in [0.29, 0.717) is 6.54 Å². The molecule has 0 saturated heterocycles. The Morgan fingerprint density at radius 3 is 2.71 bits per heavy atom. The van der Waals surface area contributed by atoms with Crippen LogP contribution in [0, 0.1) is 13.8 Å². The molecule has 28 heavy (non-hydrogen) atoms. The van der Waals surface area contributed by atoms with Gasteiger partial charge in [-0.1, -0.05) is 30.3 Å². The average molecular weight is 397 g/mol. The van der Waals surface area contributed by atoms with Crippen molar-refractivity contribution in [3.8, 4) is 11.3 Å². The number of aliphatic imine (C=N–C) groups is 1. The molecule has 2 heterocycles. The molecule has 2 aromatic heterocycles. The van der Waals surface area contributed by atoms with E-state index in [0.717, 1.165) is 53.3 Å². The van der Waals surface area contributed by atoms with Crippen LogP contribution in [0.15, 0.2) is 41.5 Å². The Bertz CT molecular complexity index is 912. The fourth-order valence-electron chi connectivity index (χ4n) is 3.05. The molecule has 2 N–H and O–H groups in total. The van der Waals surface area contributed by atoms with E-state index < -0.39 is 0 Å². The van der Waals surface area contributed by atoms with Gasteiger partial charge in [-0.3, -0.25) is 4.99 Å². The van der Waals surface area contributed by atoms with E-state index in [9.17, 15) is 0 Å². The first-order valence-corrected chi connectivity index (χ1v) is 10.4. The zero-order valence-electron chi connectivity index (χ0n) is 17.0. The van der Waals surface area contributed by atoms with Gasteiger partial charge in [0.2, 0.25) is 0 Å². The summed E-state index contributed by atoms with van der Waals surface area (Å²) in [6, 6.07) is 10.2. The van der Waals surface area contributed by atoms with Crippen molar-refractivity contribution in [1.29, 1.82) is 0 Å². The zero-order chi connectivity index (χ0) is 19.9. The number of benzene rings is 1. The predicted molar refractivity (Wildman–Crippen MR) is 117 cm³/mol. The zero-order valence-corrected chi connectivity index (χ0v) is 17.8. The summed E-state index contributed by atoms with van der Waals surface area (Å²) in [6.45, 7) is 8.44. The number of hydrogen-bond acceptors (Lipinski definition) is 4. The molecule has 0 unspecified atom stereocenters. The molecule has 0 fully saturated rings. The quantitative estimate of drug-likeness (QED) is 0.471. The van der Waals surface area contributed by atoms with Crippen LogP contribution >= 0.6 is 11.3 Å². The Morgan fingerprint density at radius 2 is 2.04 bits per heavy atom. The van der Waals surface area contributed by atoms with Crippen LogP contribution in [-0.4, -0.2) is 45.9 Å². The molecule has 6 nitrogen and oxygen atoms in total. The van der Waals surface area contributed by atoms with Gasteiger partial charge in [0.25, 0.3) is 0 Å². The Balaban J connectivity index is 1.63. The lowest BCUT2D eigenvalue weighted by Crippen LogP contribution is -2.38. The molecule has 0 aliphatic carbocycles. The second kappa shape index (κ2) is 9.50. The fraction of sp³-hybridized carbons (Fsp3) is 0.381. The molecule has 3 aromatic rings. The highest BCUT2D eigenvalue weighted by Gasteiger charge is 2.10. The summed E-state index contributed by atoms with van der Waals surface area (Å²) in [5, 5.41) is 4.49. The smallest absolute Gasteiger partial charge is 0.194 e. The maximum Gasteiger partial charge on any atom is 0.194 e. The monoisotopic (exact) mass is 396 g/mol. The van der Waals surface area contributed by atoms with E-state index in [1.54, 1.807) is 11.3 Å². The van der Waals surface area contributed by atoms with Crippen molar-refractivity contribution in [2.75, 3.05) is 20.1 Å². The van der Waals surface area contributed by atoms with Crippen LogP contribution < -0.4 is 5.32 Å². The topological polar surface area (TPSA) is 69.2 Å². The third-order valence-electron chi connectivity index (χ3n) is 4.40. The molecule has 0 amide bonds. The van der Waals surface area contributed by atoms with Crippen LogP contribution in [-0.2, 0) is 13.0 Å². The first-order chi connectivity index (χ1) is 13.6. The van der Waals surface area contributed by atoms with Gasteiger partial charge in [-0.25, -0.2) is 9.97 Å². The van der Waals surface area contributed by atoms with Crippen LogP contribution in [0.4, 0.5) is 0 Å². The van der Waals surface area contributed by atoms with Crippen molar-refractivity contribution in [2.45, 2.75) is 33.7 Å². The summed E-state index contributed by atoms with van der Waals surface area (Å²) in [6.07, 6.45) is 2.80. The summed E-state index contributed by atoms with van der Waals surface area (Å²) in [4.78, 5) is 20.6. The number of nitrogens with zero attached hydrogens (tertiary/aromatic N) is 4. The Hall–Kier alpha value is -2.67. The van der Waals surface area contributed by atoms with Crippen molar-refractivity contribution in [3.05, 3.63) is 57.9 Å². The number of thiazole rings is 1. The van der Waals surface area contributed by atoms with Crippen molar-refractivity contribution in [1.82, 2.24) is 25.2 Å². The Kier molecular flexibility index (Phi) is 6.81. The maximum atomic E-state index is 4.79. The molecule has 0 bridgehead atoms. The first-order valence-electron chi connectivity index (χ1n) is 9.58. The maximum absolute atomic E-state index is 4.79. The van der Waals surface area contributed by atoms with Crippen molar-refractivity contribution < 1.29 is 0 Å². The number of aryl methyl sites for hydroxylation is 2. The van der Waals surface area contributed by atoms with Crippen LogP contribution in [0.3, 0.4) is 0 Å². The summed E-state index contributed by atoms with van der Waals surface area (Å²) >= 11 is 1.76. The molecule has 148 valence electrons. The number of guanidine groups is 1. The van der Waals surface area contributed by atoms with Gasteiger partial charge < -0.3 is 15.2 Å². The minimum atomic E-state index is 0.664. The van der Waals surface area contributed by atoms with Gasteiger partial charge in [-0.05, 0) is 26.3 Å². The molecule has 7 heteroatoms. The van der Waals surface area contributed by atoms with E-state index in [-0.39, 0.29) is 0 Å². The van der Waals surface area contributed by atoms with E-state index in [1.807, 2.05) is 31.4 Å². The van der Waals surface area contributed by atoms with Crippen LogP contribution in [0.1, 0.15) is 28.3 Å². The van der Waals surface area contributed by atoms with Gasteiger partial charge in [0, 0.05) is 31.4 Å². The lowest BCUT2D eigenvalue weighted by Gasteiger charge is -2.21. The lowest BCUT2D eigenvalue weighted by molar-refractivity contribution is 0.464. The predicted octanol–water partition coefficient (Wildman–Crippen LogP) is 3.79. The minimum Gasteiger partial charge on any atom is -0.357 e. The van der Waals surface area contributed by atoms with E-state index in [2.05, 4.69) is 58.1 Å². The number of H-pyrrole nitrogens is 1. The van der Waals surface area contributed by atoms with Crippen molar-refractivity contribution in [3.63, 3.8) is 0 Å². The second-order valence-corrected chi connectivity index (χ2v) is 7.98. The minimum absolute atomic E-state index is 0.664. The average Bonchev–Trinajstić information content (AvgIpc) is 3.27. The Morgan fingerprint density at radius 1 is 1.25 bits per heavy atom. The summed E-state index contributed by atoms with van der Waals surface area (Å²) < 4.78 is 0. The first kappa shape index (κ1) is 20.1. The van der Waals surface area contributed by atoms with Gasteiger partial charge in [-0.15, -0.1) is 11.3 Å². The van der Waals surface area contributed by atoms with Gasteiger partial charge >= 0.3 is 0 Å². The number of nitrogens with one attached hydrogen (secondary N) is 2. The summed E-state index contributed by atoms with van der Waals surface area (Å²) in [5.74, 6) is 1.81. The van der Waals surface area contributed by atoms with Crippen LogP contribution in [0.5, 0.6) is 0 Å². The van der Waals surface area contributed by atoms with Gasteiger partial charge in [0.05, 0.1) is 29.1 Å². The summed E-state index contributed by atoms with van der Waals surface area (Å²) in [5.41, 5.74) is 3.29. The van der Waals surface area contributed by atoms with E-state index >= 15 is 0 Å². The number of aromatic amines is 1. The number of aromatic nitrogens is 3. The Labute approximate surface area is 170 Å². The molecule has 0 spiro atoms. The lowest BCUT2D eigenvalue weighted by atomic mass is 10.2. The molecule has 0 atom stereocenters. The third kappa shape index (κ3) is 5.19. The normalized spacial score (nSPS) is 11.6. The number of rotatable bonds is 7. The molecule has 1 aromatic carbocycles. The second-order valence-electron chi connectivity index (χ2n) is 6.69. The molecule has 0 radical (unpaired) electrons. The third-order valence-corrected chi connectivity index (χ3v) is 5.53. The highest BCUT2D eigenvalue weighted by atomic mass is 32.1. The highest BCUT2D eigenvalue weighted by Crippen LogP contribution is 2.18. The molecule has 0 saturated carbocycles. The molecule has 3 rings (SSSR count). The molecule has 0 aliphatic rings. The fourth-order valence-corrected chi connectivity index (χ4v) is 3.97. The van der Waals surface area contributed by atoms with Gasteiger partial charge in [0.1, 0.15) is 5.82 Å². The SMILES string of the molecule is CCNC(=NCCc1sc(C)nc1C)N(C)Cc1ncc(-c2ccccc2)[nH]1. The standard InChI is InChI=1S/C21H28N6S/c1-5-22-21(23-12-11-19-15(2)25-16(3)28-19)27(4)14-20-24-13-18(26-20)17-9-7-6-8-10-17/h6-10,13H,5,11-12,14H2,1-4H3,(H,22,23)(H,24,26). The molecular weight excluding hydrogens is 368 g/mol. The number of imidazole rings is 1. The van der Waals surface area contributed by atoms with Crippen LogP contribution in [0.25, 0.3) is 11.3 Å². The largest absolute Gasteiger partial charge is 0.357 e. The van der Waals surface area contributed by atoms with Crippen LogP contribution in [0.2, 0.25) is 0 Å². The summed E-state index contributed by atoms with van der Waals surface area (Å²) in [7, 11) is 2.04. The highest BCUT2D eigenvalue weighted by molar-refractivity contribution is 7.11.